The summed E-state index contributed by atoms with van der Waals surface area (Å²) in [4.78, 5) is 17.9. The molecule has 9 heteroatoms. The largest absolute Gasteiger partial charge is 0.359 e. The Labute approximate surface area is 157 Å². The number of hydrogen-bond donors (Lipinski definition) is 3. The van der Waals surface area contributed by atoms with Crippen molar-refractivity contribution in [3.63, 3.8) is 0 Å². The highest BCUT2D eigenvalue weighted by Crippen LogP contribution is 2.25. The molecule has 3 N–H and O–H groups in total. The Bertz CT molecular complexity index is 581. The maximum Gasteiger partial charge on any atom is 0.220 e. The van der Waals surface area contributed by atoms with E-state index in [9.17, 15) is 13.2 Å². The van der Waals surface area contributed by atoms with Gasteiger partial charge >= 0.3 is 0 Å². The smallest absolute Gasteiger partial charge is 0.220 e. The lowest BCUT2D eigenvalue weighted by molar-refractivity contribution is -0.121. The van der Waals surface area contributed by atoms with Gasteiger partial charge in [0.25, 0.3) is 0 Å². The molecule has 2 rings (SSSR count). The monoisotopic (exact) mass is 387 g/mol. The van der Waals surface area contributed by atoms with Crippen LogP contribution < -0.4 is 15.4 Å². The standard InChI is InChI=1S/C17H33N5O3S/c1-18-16(23)12-14-6-9-22(10-7-14)17(19-2)20-8-11-26(24,25)21-13-15-4-3-5-15/h14-15,21H,3-13H2,1-2H3,(H,18,23)(H,19,20). The summed E-state index contributed by atoms with van der Waals surface area (Å²) in [7, 11) is 0.133. The maximum absolute atomic E-state index is 12.1. The summed E-state index contributed by atoms with van der Waals surface area (Å²) < 4.78 is 26.8. The van der Waals surface area contributed by atoms with Crippen LogP contribution in [0.5, 0.6) is 0 Å². The van der Waals surface area contributed by atoms with Crippen LogP contribution in [0.2, 0.25) is 0 Å². The summed E-state index contributed by atoms with van der Waals surface area (Å²) in [5.41, 5.74) is 0. The molecule has 1 saturated heterocycles. The van der Waals surface area contributed by atoms with Crippen LogP contribution in [0.4, 0.5) is 0 Å². The van der Waals surface area contributed by atoms with E-state index in [4.69, 9.17) is 0 Å². The van der Waals surface area contributed by atoms with Crippen molar-refractivity contribution in [3.05, 3.63) is 0 Å². The number of likely N-dealkylation sites (tertiary alicyclic amines) is 1. The van der Waals surface area contributed by atoms with Gasteiger partial charge in [0.05, 0.1) is 5.75 Å². The zero-order chi connectivity index (χ0) is 19.0. The van der Waals surface area contributed by atoms with Crippen LogP contribution in [-0.4, -0.2) is 71.2 Å². The number of hydrogen-bond acceptors (Lipinski definition) is 4. The fraction of sp³-hybridized carbons (Fsp3) is 0.882. The van der Waals surface area contributed by atoms with Crippen molar-refractivity contribution in [2.45, 2.75) is 38.5 Å². The average molecular weight is 388 g/mol. The lowest BCUT2D eigenvalue weighted by atomic mass is 9.86. The second-order valence-corrected chi connectivity index (χ2v) is 9.17. The van der Waals surface area contributed by atoms with Gasteiger partial charge in [0.1, 0.15) is 0 Å². The third kappa shape index (κ3) is 6.75. The van der Waals surface area contributed by atoms with Gasteiger partial charge in [-0.1, -0.05) is 6.42 Å². The van der Waals surface area contributed by atoms with Gasteiger partial charge in [-0.2, -0.15) is 0 Å². The normalized spacial score (nSPS) is 19.9. The van der Waals surface area contributed by atoms with Crippen LogP contribution in [0, 0.1) is 11.8 Å². The van der Waals surface area contributed by atoms with Gasteiger partial charge in [-0.05, 0) is 37.5 Å². The van der Waals surface area contributed by atoms with Gasteiger partial charge in [-0.25, -0.2) is 13.1 Å². The maximum atomic E-state index is 12.1. The van der Waals surface area contributed by atoms with Crippen LogP contribution in [-0.2, 0) is 14.8 Å². The van der Waals surface area contributed by atoms with E-state index in [0.717, 1.165) is 44.7 Å². The molecule has 0 radical (unpaired) electrons. The minimum Gasteiger partial charge on any atom is -0.359 e. The first kappa shape index (κ1) is 21.0. The molecule has 0 unspecified atom stereocenters. The lowest BCUT2D eigenvalue weighted by Crippen LogP contribution is -2.47. The summed E-state index contributed by atoms with van der Waals surface area (Å²) in [6.45, 7) is 2.56. The number of nitrogens with zero attached hydrogens (tertiary/aromatic N) is 2. The summed E-state index contributed by atoms with van der Waals surface area (Å²) in [6.07, 6.45) is 5.92. The van der Waals surface area contributed by atoms with Crippen molar-refractivity contribution in [1.29, 1.82) is 0 Å². The lowest BCUT2D eigenvalue weighted by Gasteiger charge is -2.34. The number of nitrogens with one attached hydrogen (secondary N) is 3. The van der Waals surface area contributed by atoms with Gasteiger partial charge in [-0.15, -0.1) is 0 Å². The number of carbonyl (C=O) groups is 1. The molecule has 0 atom stereocenters. The Kier molecular flexibility index (Phi) is 8.15. The van der Waals surface area contributed by atoms with Crippen molar-refractivity contribution in [3.8, 4) is 0 Å². The quantitative estimate of drug-likeness (QED) is 0.406. The Morgan fingerprint density at radius 2 is 1.85 bits per heavy atom. The summed E-state index contributed by atoms with van der Waals surface area (Å²) in [5, 5.41) is 5.83. The molecule has 1 saturated carbocycles. The van der Waals surface area contributed by atoms with E-state index >= 15 is 0 Å². The molecular formula is C17H33N5O3S. The van der Waals surface area contributed by atoms with Gasteiger partial charge in [0, 0.05) is 46.7 Å². The predicted molar refractivity (Wildman–Crippen MR) is 103 cm³/mol. The fourth-order valence-electron chi connectivity index (χ4n) is 3.36. The molecule has 1 heterocycles. The molecule has 2 aliphatic rings. The predicted octanol–water partition coefficient (Wildman–Crippen LogP) is 0.129. The highest BCUT2D eigenvalue weighted by molar-refractivity contribution is 7.89. The molecule has 1 aliphatic carbocycles. The Balaban J connectivity index is 1.68. The first-order chi connectivity index (χ1) is 12.4. The highest BCUT2D eigenvalue weighted by Gasteiger charge is 2.24. The second kappa shape index (κ2) is 10.1. The first-order valence-corrected chi connectivity index (χ1v) is 11.2. The van der Waals surface area contributed by atoms with Crippen molar-refractivity contribution in [2.75, 3.05) is 46.0 Å². The molecule has 1 aliphatic heterocycles. The third-order valence-electron chi connectivity index (χ3n) is 5.35. The number of rotatable bonds is 8. The third-order valence-corrected chi connectivity index (χ3v) is 6.70. The van der Waals surface area contributed by atoms with E-state index in [1.165, 1.54) is 6.42 Å². The molecule has 8 nitrogen and oxygen atoms in total. The van der Waals surface area contributed by atoms with Crippen molar-refractivity contribution >= 4 is 21.9 Å². The minimum absolute atomic E-state index is 0.0475. The first-order valence-electron chi connectivity index (χ1n) is 9.57. The molecule has 0 aromatic rings. The average Bonchev–Trinajstić information content (AvgIpc) is 2.58. The fourth-order valence-corrected chi connectivity index (χ4v) is 4.36. The van der Waals surface area contributed by atoms with E-state index < -0.39 is 10.0 Å². The zero-order valence-electron chi connectivity index (χ0n) is 16.0. The molecule has 1 amide bonds. The summed E-state index contributed by atoms with van der Waals surface area (Å²) in [6, 6.07) is 0. The Morgan fingerprint density at radius 3 is 2.38 bits per heavy atom. The number of aliphatic imine (C=N–C) groups is 1. The molecule has 2 fully saturated rings. The van der Waals surface area contributed by atoms with E-state index in [0.29, 0.717) is 31.3 Å². The van der Waals surface area contributed by atoms with E-state index in [2.05, 4.69) is 25.2 Å². The van der Waals surface area contributed by atoms with Crippen LogP contribution in [0.15, 0.2) is 4.99 Å². The number of carbonyl (C=O) groups excluding carboxylic acids is 1. The Hall–Kier alpha value is -1.35. The number of guanidine groups is 1. The number of amides is 1. The van der Waals surface area contributed by atoms with Gasteiger partial charge in [0.15, 0.2) is 5.96 Å². The number of piperidine rings is 1. The van der Waals surface area contributed by atoms with E-state index in [1.54, 1.807) is 14.1 Å². The van der Waals surface area contributed by atoms with Crippen molar-refractivity contribution in [1.82, 2.24) is 20.3 Å². The van der Waals surface area contributed by atoms with E-state index in [-0.39, 0.29) is 11.7 Å². The zero-order valence-corrected chi connectivity index (χ0v) is 16.8. The van der Waals surface area contributed by atoms with Crippen LogP contribution >= 0.6 is 0 Å². The SMILES string of the molecule is CN=C(NCCS(=O)(=O)NCC1CCC1)N1CCC(CC(=O)NC)CC1. The molecular weight excluding hydrogens is 354 g/mol. The van der Waals surface area contributed by atoms with Gasteiger partial charge in [0.2, 0.25) is 15.9 Å². The molecule has 0 aromatic heterocycles. The van der Waals surface area contributed by atoms with Gasteiger partial charge < -0.3 is 15.5 Å². The second-order valence-electron chi connectivity index (χ2n) is 7.25. The molecule has 0 bridgehead atoms. The number of sulfonamides is 1. The molecule has 26 heavy (non-hydrogen) atoms. The Morgan fingerprint density at radius 1 is 1.15 bits per heavy atom. The van der Waals surface area contributed by atoms with Crippen molar-refractivity contribution < 1.29 is 13.2 Å². The van der Waals surface area contributed by atoms with Crippen LogP contribution in [0.25, 0.3) is 0 Å². The van der Waals surface area contributed by atoms with Crippen molar-refractivity contribution in [2.24, 2.45) is 16.8 Å². The molecule has 150 valence electrons. The topological polar surface area (TPSA) is 103 Å². The van der Waals surface area contributed by atoms with E-state index in [1.807, 2.05) is 0 Å². The minimum atomic E-state index is -3.24. The van der Waals surface area contributed by atoms with Crippen LogP contribution in [0.3, 0.4) is 0 Å². The van der Waals surface area contributed by atoms with Gasteiger partial charge in [-0.3, -0.25) is 9.79 Å². The summed E-state index contributed by atoms with van der Waals surface area (Å²) in [5.74, 6) is 1.79. The summed E-state index contributed by atoms with van der Waals surface area (Å²) >= 11 is 0. The molecule has 0 spiro atoms. The highest BCUT2D eigenvalue weighted by atomic mass is 32.2. The molecule has 0 aromatic carbocycles. The van der Waals surface area contributed by atoms with Crippen LogP contribution in [0.1, 0.15) is 38.5 Å².